The quantitative estimate of drug-likeness (QED) is 0.0417. The number of anilines is 1. The monoisotopic (exact) mass is 671 g/mol. The molecule has 0 saturated carbocycles. The number of esters is 2. The number of carbonyl (C=O) groups is 2. The zero-order valence-corrected chi connectivity index (χ0v) is 27.8. The standard InChI is InChI=1S/C27H38N5O11PS/c1-26(2,3)23(33)38-15-40-42-44(35,43-41-16-39-24(34)27(4,5)6)17-37-13-12-32-14-29-20-21(32)30-25(28)31-22(20)45-19-10-8-18(36-7)9-11-19/h8-11,14H,12-13,15-17H2,1-7H3,(H2,28,30,31). The van der Waals surface area contributed by atoms with Gasteiger partial charge in [0.15, 0.2) is 12.0 Å². The minimum Gasteiger partial charge on any atom is -0.497 e. The number of fused-ring (bicyclic) bond motifs is 1. The first-order valence-corrected chi connectivity index (χ1v) is 16.1. The molecule has 3 aromatic rings. The summed E-state index contributed by atoms with van der Waals surface area (Å²) in [6.45, 7) is 8.74. The van der Waals surface area contributed by atoms with Crippen LogP contribution < -0.4 is 10.5 Å². The summed E-state index contributed by atoms with van der Waals surface area (Å²) < 4.78 is 45.2. The molecule has 0 spiro atoms. The highest BCUT2D eigenvalue weighted by atomic mass is 32.2. The first kappa shape index (κ1) is 36.2. The number of aromatic nitrogens is 4. The van der Waals surface area contributed by atoms with E-state index in [4.69, 9.17) is 43.8 Å². The van der Waals surface area contributed by atoms with Crippen LogP contribution in [0.3, 0.4) is 0 Å². The number of rotatable bonds is 16. The van der Waals surface area contributed by atoms with E-state index in [1.165, 1.54) is 11.8 Å². The highest BCUT2D eigenvalue weighted by Crippen LogP contribution is 2.48. The maximum Gasteiger partial charge on any atom is 0.409 e. The van der Waals surface area contributed by atoms with Crippen LogP contribution in [0.25, 0.3) is 11.2 Å². The van der Waals surface area contributed by atoms with E-state index < -0.39 is 50.3 Å². The molecule has 0 amide bonds. The van der Waals surface area contributed by atoms with Crippen molar-refractivity contribution in [3.05, 3.63) is 30.6 Å². The molecular formula is C27H38N5O11PS. The second-order valence-electron chi connectivity index (χ2n) is 11.4. The molecular weight excluding hydrogens is 633 g/mol. The van der Waals surface area contributed by atoms with Gasteiger partial charge in [0, 0.05) is 11.4 Å². The van der Waals surface area contributed by atoms with Gasteiger partial charge in [-0.25, -0.2) is 9.97 Å². The molecule has 0 unspecified atom stereocenters. The van der Waals surface area contributed by atoms with Crippen LogP contribution in [0, 0.1) is 10.8 Å². The molecule has 2 heterocycles. The fourth-order valence-corrected chi connectivity index (χ4v) is 4.86. The SMILES string of the molecule is COc1ccc(Sc2nc(N)nc3c2ncn3CCOCP(=O)(OOCOC(=O)C(C)(C)C)OOCOC(=O)C(C)(C)C)cc1. The number of methoxy groups -OCH3 is 1. The highest BCUT2D eigenvalue weighted by Gasteiger charge is 2.31. The van der Waals surface area contributed by atoms with Crippen molar-refractivity contribution in [1.82, 2.24) is 19.5 Å². The average Bonchev–Trinajstić information content (AvgIpc) is 3.37. The number of benzene rings is 1. The second kappa shape index (κ2) is 15.8. The molecule has 0 fully saturated rings. The molecule has 16 nitrogen and oxygen atoms in total. The molecule has 0 saturated heterocycles. The van der Waals surface area contributed by atoms with Crippen molar-refractivity contribution in [2.24, 2.45) is 10.8 Å². The number of hydrogen-bond donors (Lipinski definition) is 1. The smallest absolute Gasteiger partial charge is 0.409 e. The minimum absolute atomic E-state index is 0.00888. The Morgan fingerprint density at radius 1 is 0.933 bits per heavy atom. The van der Waals surface area contributed by atoms with E-state index in [2.05, 4.69) is 15.0 Å². The number of hydrogen-bond acceptors (Lipinski definition) is 16. The minimum atomic E-state index is -4.27. The van der Waals surface area contributed by atoms with Crippen molar-refractivity contribution in [3.8, 4) is 5.75 Å². The molecule has 0 bridgehead atoms. The van der Waals surface area contributed by atoms with Gasteiger partial charge in [0.25, 0.3) is 0 Å². The first-order chi connectivity index (χ1) is 21.1. The fraction of sp³-hybridized carbons (Fsp3) is 0.519. The van der Waals surface area contributed by atoms with Crippen LogP contribution in [-0.2, 0) is 54.0 Å². The summed E-state index contributed by atoms with van der Waals surface area (Å²) in [7, 11) is -2.68. The van der Waals surface area contributed by atoms with Gasteiger partial charge in [-0.05, 0) is 65.8 Å². The normalized spacial score (nSPS) is 12.3. The Labute approximate surface area is 264 Å². The fourth-order valence-electron chi connectivity index (χ4n) is 3.11. The first-order valence-electron chi connectivity index (χ1n) is 13.6. The van der Waals surface area contributed by atoms with Crippen LogP contribution in [0.4, 0.5) is 5.95 Å². The predicted molar refractivity (Wildman–Crippen MR) is 160 cm³/mol. The Hall–Kier alpha value is -3.31. The van der Waals surface area contributed by atoms with E-state index in [1.54, 1.807) is 59.5 Å². The zero-order valence-electron chi connectivity index (χ0n) is 26.1. The molecule has 3 rings (SSSR count). The van der Waals surface area contributed by atoms with Gasteiger partial charge in [-0.2, -0.15) is 14.8 Å². The third-order valence-electron chi connectivity index (χ3n) is 5.48. The Balaban J connectivity index is 1.60. The van der Waals surface area contributed by atoms with E-state index in [0.29, 0.717) is 16.2 Å². The lowest BCUT2D eigenvalue weighted by Crippen LogP contribution is -2.24. The summed E-state index contributed by atoms with van der Waals surface area (Å²) >= 11 is 1.37. The Morgan fingerprint density at radius 2 is 1.51 bits per heavy atom. The van der Waals surface area contributed by atoms with Gasteiger partial charge >= 0.3 is 19.5 Å². The summed E-state index contributed by atoms with van der Waals surface area (Å²) in [4.78, 5) is 47.4. The van der Waals surface area contributed by atoms with Crippen LogP contribution in [0.1, 0.15) is 41.5 Å². The summed E-state index contributed by atoms with van der Waals surface area (Å²) in [5.74, 6) is -0.375. The van der Waals surface area contributed by atoms with Crippen molar-refractivity contribution in [1.29, 1.82) is 0 Å². The molecule has 45 heavy (non-hydrogen) atoms. The molecule has 0 radical (unpaired) electrons. The van der Waals surface area contributed by atoms with Gasteiger partial charge in [-0.3, -0.25) is 14.2 Å². The highest BCUT2D eigenvalue weighted by molar-refractivity contribution is 7.99. The van der Waals surface area contributed by atoms with Crippen molar-refractivity contribution < 1.29 is 52.2 Å². The van der Waals surface area contributed by atoms with Gasteiger partial charge in [0.05, 0.1) is 30.9 Å². The van der Waals surface area contributed by atoms with Crippen molar-refractivity contribution in [3.63, 3.8) is 0 Å². The molecule has 18 heteroatoms. The molecule has 0 atom stereocenters. The molecule has 1 aromatic carbocycles. The molecule has 2 N–H and O–H groups in total. The van der Waals surface area contributed by atoms with Crippen LogP contribution in [0.5, 0.6) is 5.75 Å². The van der Waals surface area contributed by atoms with E-state index in [9.17, 15) is 14.2 Å². The Kier molecular flexibility index (Phi) is 12.7. The lowest BCUT2D eigenvalue weighted by Gasteiger charge is -2.19. The zero-order chi connectivity index (χ0) is 33.3. The Bertz CT molecular complexity index is 1450. The van der Waals surface area contributed by atoms with Crippen LogP contribution in [-0.4, -0.2) is 65.1 Å². The largest absolute Gasteiger partial charge is 0.497 e. The number of nitrogens with zero attached hydrogens (tertiary/aromatic N) is 4. The van der Waals surface area contributed by atoms with E-state index in [1.807, 2.05) is 24.3 Å². The topological polar surface area (TPSA) is 195 Å². The Morgan fingerprint density at radius 3 is 2.04 bits per heavy atom. The molecule has 0 aliphatic heterocycles. The van der Waals surface area contributed by atoms with Crippen molar-refractivity contribution in [2.75, 3.05) is 39.4 Å². The molecule has 0 aliphatic carbocycles. The second-order valence-corrected chi connectivity index (χ2v) is 14.2. The van der Waals surface area contributed by atoms with Crippen molar-refractivity contribution >= 4 is 48.4 Å². The van der Waals surface area contributed by atoms with Gasteiger partial charge in [-0.1, -0.05) is 11.8 Å². The third-order valence-corrected chi connectivity index (χ3v) is 7.63. The molecule has 2 aromatic heterocycles. The van der Waals surface area contributed by atoms with Crippen LogP contribution in [0.2, 0.25) is 0 Å². The van der Waals surface area contributed by atoms with Crippen LogP contribution >= 0.6 is 19.4 Å². The van der Waals surface area contributed by atoms with E-state index in [-0.39, 0.29) is 19.1 Å². The van der Waals surface area contributed by atoms with Gasteiger partial charge < -0.3 is 29.2 Å². The summed E-state index contributed by atoms with van der Waals surface area (Å²) in [6, 6.07) is 7.44. The molecule has 0 aliphatic rings. The van der Waals surface area contributed by atoms with E-state index in [0.717, 1.165) is 10.6 Å². The van der Waals surface area contributed by atoms with E-state index >= 15 is 0 Å². The molecule has 248 valence electrons. The van der Waals surface area contributed by atoms with Crippen molar-refractivity contribution in [2.45, 2.75) is 58.0 Å². The lowest BCUT2D eigenvalue weighted by molar-refractivity contribution is -0.311. The number of carbonyl (C=O) groups excluding carboxylic acids is 2. The van der Waals surface area contributed by atoms with Gasteiger partial charge in [-0.15, -0.1) is 9.35 Å². The number of nitrogens with two attached hydrogens (primary N) is 1. The summed E-state index contributed by atoms with van der Waals surface area (Å²) in [5.41, 5.74) is 5.37. The number of ether oxygens (including phenoxy) is 4. The van der Waals surface area contributed by atoms with Gasteiger partial charge in [0.1, 0.15) is 16.3 Å². The average molecular weight is 672 g/mol. The number of nitrogen functional groups attached to an aromatic ring is 1. The maximum atomic E-state index is 13.2. The third kappa shape index (κ3) is 11.2. The summed E-state index contributed by atoms with van der Waals surface area (Å²) in [5, 5.41) is 0.558. The van der Waals surface area contributed by atoms with Gasteiger partial charge in [0.2, 0.25) is 19.5 Å². The number of imidazole rings is 1. The van der Waals surface area contributed by atoms with Crippen LogP contribution in [0.15, 0.2) is 40.5 Å². The predicted octanol–water partition coefficient (Wildman–Crippen LogP) is 4.73. The maximum absolute atomic E-state index is 13.2. The summed E-state index contributed by atoms with van der Waals surface area (Å²) in [6.07, 6.45) is 0.905. The lowest BCUT2D eigenvalue weighted by atomic mass is 9.98.